The van der Waals surface area contributed by atoms with Gasteiger partial charge < -0.3 is 88.2 Å². The molecule has 0 aliphatic carbocycles. The SMILES string of the molecule is CO[C@@H]1C[C@H](CC[C@H](C)[C@H](O)[C@H](C)[C@H]2OC(=O)/C(C)=C/C[C@H](O)C[C@@H]3C=CC[C@@H](C[C@H](OC)[C@@H](C)[C@@H](O)C[C@@H](O)[C@H](C)[C@@H]([C@@H](C)[C@@H](O)[C@@H](C)CC[C@H]4C[C@@H](OC)CCO4)OC(=O)/C(C)=C/C[C@H](O)C[C@@H]4C=CC[C@@H](C[C@H](OC)[C@@H](C)[C@@H](O)C[C@@H](O)[C@@H]2C)O4)O3)O[C@@H](C)C1. The standard InChI is InChI=1S/C73H126O20/c1-41(24-28-55-35-54(84-12)30-31-88-55)68(80)50(10)70-48(8)64(78)39-62(76)46(6)66(86-14)37-58-20-17-19-57(91-58)34-53(75)27-23-44(4)73(83)93-71(51(11)69(81)42(2)25-29-60-36-61(85-13)32-45(5)89-60)49(9)65(79)40-63(77)47(7)67(87-15)38-59-21-16-18-56(90-59)33-52(74)26-22-43(3)72(82)92-70/h16-19,22-23,41-42,45-71,74-81H,20-21,24-40H2,1-15H3/b43-22+,44-23+/t41-,42-,45-,46-,47-,48-,49-,50-,51-,52-,53-,54-,55-,56-,57-,58-,59-,60-,61-,62-,63-,64+,65+,66-,67-,68-,69-,70-,71-/m0/s1. The molecule has 2 fully saturated rings. The van der Waals surface area contributed by atoms with Gasteiger partial charge in [0.25, 0.3) is 0 Å². The van der Waals surface area contributed by atoms with Gasteiger partial charge in [0.15, 0.2) is 0 Å². The summed E-state index contributed by atoms with van der Waals surface area (Å²) in [6.45, 7) is 20.6. The highest BCUT2D eigenvalue weighted by molar-refractivity contribution is 5.88. The van der Waals surface area contributed by atoms with Crippen LogP contribution in [0.4, 0.5) is 0 Å². The molecule has 93 heavy (non-hydrogen) atoms. The average Bonchev–Trinajstić information content (AvgIpc) is 1.02. The Kier molecular flexibility index (Phi) is 35.1. The van der Waals surface area contributed by atoms with Crippen molar-refractivity contribution in [1.29, 1.82) is 0 Å². The van der Waals surface area contributed by atoms with Crippen molar-refractivity contribution in [3.63, 3.8) is 0 Å². The van der Waals surface area contributed by atoms with Gasteiger partial charge in [0, 0.05) is 107 Å². The highest BCUT2D eigenvalue weighted by Crippen LogP contribution is 2.37. The second-order valence-corrected chi connectivity index (χ2v) is 29.0. The number of rotatable bonds is 16. The van der Waals surface area contributed by atoms with Crippen molar-refractivity contribution in [1.82, 2.24) is 0 Å². The predicted molar refractivity (Wildman–Crippen MR) is 355 cm³/mol. The van der Waals surface area contributed by atoms with Crippen LogP contribution in [0.15, 0.2) is 47.6 Å². The van der Waals surface area contributed by atoms with Crippen LogP contribution < -0.4 is 0 Å². The molecule has 0 aromatic rings. The van der Waals surface area contributed by atoms with E-state index >= 15 is 0 Å². The predicted octanol–water partition coefficient (Wildman–Crippen LogP) is 8.61. The van der Waals surface area contributed by atoms with E-state index in [-0.39, 0.29) is 104 Å². The van der Waals surface area contributed by atoms with E-state index in [1.54, 1.807) is 68.3 Å². The van der Waals surface area contributed by atoms with E-state index in [9.17, 15) is 50.4 Å². The number of hydrogen-bond acceptors (Lipinski definition) is 20. The van der Waals surface area contributed by atoms with Gasteiger partial charge in [0.2, 0.25) is 0 Å². The summed E-state index contributed by atoms with van der Waals surface area (Å²) in [5.41, 5.74) is 0.471. The lowest BCUT2D eigenvalue weighted by Gasteiger charge is -2.38. The molecule has 0 aromatic heterocycles. The van der Waals surface area contributed by atoms with Gasteiger partial charge >= 0.3 is 11.9 Å². The van der Waals surface area contributed by atoms with E-state index in [2.05, 4.69) is 0 Å². The topological polar surface area (TPSA) is 288 Å². The lowest BCUT2D eigenvalue weighted by atomic mass is 9.78. The van der Waals surface area contributed by atoms with Gasteiger partial charge in [-0.2, -0.15) is 0 Å². The van der Waals surface area contributed by atoms with Crippen molar-refractivity contribution in [2.75, 3.05) is 35.0 Å². The van der Waals surface area contributed by atoms with Gasteiger partial charge in [-0.15, -0.1) is 0 Å². The van der Waals surface area contributed by atoms with Gasteiger partial charge in [-0.1, -0.05) is 91.8 Å². The van der Waals surface area contributed by atoms with Crippen LogP contribution in [0.2, 0.25) is 0 Å². The molecule has 4 bridgehead atoms. The lowest BCUT2D eigenvalue weighted by molar-refractivity contribution is -0.160. The Morgan fingerprint density at radius 2 is 0.903 bits per heavy atom. The highest BCUT2D eigenvalue weighted by Gasteiger charge is 2.43. The van der Waals surface area contributed by atoms with E-state index in [4.69, 9.17) is 47.4 Å². The average molecular weight is 1320 g/mol. The molecule has 2 saturated heterocycles. The second kappa shape index (κ2) is 40.4. The van der Waals surface area contributed by atoms with E-state index in [1.807, 2.05) is 72.8 Å². The number of aliphatic hydroxyl groups excluding tert-OH is 8. The Balaban J connectivity index is 1.38. The summed E-state index contributed by atoms with van der Waals surface area (Å²) in [4.78, 5) is 28.3. The number of methoxy groups -OCH3 is 4. The minimum absolute atomic E-state index is 0.0129. The van der Waals surface area contributed by atoms with E-state index in [0.29, 0.717) is 58.0 Å². The highest BCUT2D eigenvalue weighted by atomic mass is 16.6. The van der Waals surface area contributed by atoms with Crippen molar-refractivity contribution in [3.8, 4) is 0 Å². The third kappa shape index (κ3) is 25.5. The summed E-state index contributed by atoms with van der Waals surface area (Å²) in [6.07, 6.45) is 6.57. The number of ether oxygens (including phenoxy) is 10. The van der Waals surface area contributed by atoms with Crippen LogP contribution in [0.25, 0.3) is 0 Å². The maximum atomic E-state index is 14.2. The van der Waals surface area contributed by atoms with Crippen LogP contribution in [0.5, 0.6) is 0 Å². The summed E-state index contributed by atoms with van der Waals surface area (Å²) in [5.74, 6) is -5.60. The summed E-state index contributed by atoms with van der Waals surface area (Å²) in [5, 5.41) is 94.7. The molecule has 5 rings (SSSR count). The smallest absolute Gasteiger partial charge is 0.333 e. The molecular weight excluding hydrogens is 1200 g/mol. The van der Waals surface area contributed by atoms with Crippen molar-refractivity contribution >= 4 is 11.9 Å². The van der Waals surface area contributed by atoms with Crippen molar-refractivity contribution in [2.24, 2.45) is 47.3 Å². The zero-order valence-electron chi connectivity index (χ0n) is 59.1. The maximum absolute atomic E-state index is 14.2. The molecule has 5 aliphatic heterocycles. The first-order valence-electron chi connectivity index (χ1n) is 35.3. The fourth-order valence-corrected chi connectivity index (χ4v) is 14.7. The first kappa shape index (κ1) is 80.9. The summed E-state index contributed by atoms with van der Waals surface area (Å²) in [6, 6.07) is 0. The quantitative estimate of drug-likeness (QED) is 0.0530. The van der Waals surface area contributed by atoms with Crippen molar-refractivity contribution in [3.05, 3.63) is 47.6 Å². The Hall–Kier alpha value is -2.74. The van der Waals surface area contributed by atoms with E-state index in [1.165, 1.54) is 0 Å². The molecule has 0 spiro atoms. The number of aliphatic hydroxyl groups is 8. The lowest BCUT2D eigenvalue weighted by Crippen LogP contribution is -2.46. The van der Waals surface area contributed by atoms with Crippen LogP contribution in [-0.4, -0.2) is 216 Å². The third-order valence-electron chi connectivity index (χ3n) is 21.7. The number of carbonyl (C=O) groups is 2. The minimum atomic E-state index is -1.18. The summed E-state index contributed by atoms with van der Waals surface area (Å²) >= 11 is 0. The molecule has 29 atom stereocenters. The summed E-state index contributed by atoms with van der Waals surface area (Å²) < 4.78 is 61.2. The zero-order valence-corrected chi connectivity index (χ0v) is 59.1. The number of cyclic esters (lactones) is 2. The Morgan fingerprint density at radius 1 is 0.495 bits per heavy atom. The maximum Gasteiger partial charge on any atom is 0.333 e. The van der Waals surface area contributed by atoms with Crippen molar-refractivity contribution < 1.29 is 97.8 Å². The molecule has 8 N–H and O–H groups in total. The fraction of sp³-hybridized carbons (Fsp3) is 0.863. The van der Waals surface area contributed by atoms with Crippen LogP contribution in [0, 0.1) is 47.3 Å². The largest absolute Gasteiger partial charge is 0.458 e. The minimum Gasteiger partial charge on any atom is -0.458 e. The molecule has 0 unspecified atom stereocenters. The fourth-order valence-electron chi connectivity index (χ4n) is 14.7. The molecule has 0 saturated carbocycles. The molecule has 0 radical (unpaired) electrons. The van der Waals surface area contributed by atoms with Crippen LogP contribution in [0.3, 0.4) is 0 Å². The number of esters is 2. The molecule has 538 valence electrons. The van der Waals surface area contributed by atoms with E-state index in [0.717, 1.165) is 25.7 Å². The zero-order chi connectivity index (χ0) is 68.8. The second-order valence-electron chi connectivity index (χ2n) is 29.0. The molecule has 0 amide bonds. The molecule has 20 heteroatoms. The normalized spacial score (nSPS) is 41.0. The van der Waals surface area contributed by atoms with Crippen LogP contribution >= 0.6 is 0 Å². The van der Waals surface area contributed by atoms with Gasteiger partial charge in [0.1, 0.15) is 12.2 Å². The Morgan fingerprint density at radius 3 is 1.32 bits per heavy atom. The first-order valence-corrected chi connectivity index (χ1v) is 35.3. The number of carbonyl (C=O) groups excluding carboxylic acids is 2. The Bertz CT molecular complexity index is 2280. The van der Waals surface area contributed by atoms with Crippen molar-refractivity contribution in [2.45, 2.75) is 320 Å². The number of hydrogen-bond donors (Lipinski definition) is 8. The van der Waals surface area contributed by atoms with Gasteiger partial charge in [-0.05, 0) is 122 Å². The van der Waals surface area contributed by atoms with E-state index < -0.39 is 133 Å². The van der Waals surface area contributed by atoms with Crippen LogP contribution in [0.1, 0.15) is 192 Å². The molecular formula is C73H126O20. The first-order chi connectivity index (χ1) is 44.1. The molecule has 0 aromatic carbocycles. The van der Waals surface area contributed by atoms with Crippen LogP contribution in [-0.2, 0) is 57.0 Å². The summed E-state index contributed by atoms with van der Waals surface area (Å²) in [7, 11) is 6.55. The molecule has 5 heterocycles. The monoisotopic (exact) mass is 1320 g/mol. The third-order valence-corrected chi connectivity index (χ3v) is 21.7. The van der Waals surface area contributed by atoms with Gasteiger partial charge in [-0.3, -0.25) is 0 Å². The number of fused-ring (bicyclic) bond motifs is 4. The molecule has 5 aliphatic rings. The van der Waals surface area contributed by atoms with Gasteiger partial charge in [0.05, 0.1) is 116 Å². The van der Waals surface area contributed by atoms with Gasteiger partial charge in [-0.25, -0.2) is 9.59 Å². The Labute approximate surface area is 557 Å². The molecule has 20 nitrogen and oxygen atoms in total.